The van der Waals surface area contributed by atoms with Crippen LogP contribution in [0.3, 0.4) is 0 Å². The highest BCUT2D eigenvalue weighted by Gasteiger charge is 2.20. The van der Waals surface area contributed by atoms with E-state index in [-0.39, 0.29) is 18.1 Å². The van der Waals surface area contributed by atoms with Crippen molar-refractivity contribution in [2.75, 3.05) is 18.5 Å². The summed E-state index contributed by atoms with van der Waals surface area (Å²) in [4.78, 5) is 21.6. The Balaban J connectivity index is 2.12. The highest BCUT2D eigenvalue weighted by atomic mass is 19.1. The zero-order chi connectivity index (χ0) is 14.7. The monoisotopic (exact) mass is 282 g/mol. The van der Waals surface area contributed by atoms with E-state index in [0.717, 1.165) is 5.56 Å². The molecular formula is C13H15FN2O4. The molecule has 108 valence electrons. The van der Waals surface area contributed by atoms with E-state index in [1.54, 1.807) is 6.07 Å². The van der Waals surface area contributed by atoms with Crippen LogP contribution in [0.15, 0.2) is 12.1 Å². The molecule has 0 fully saturated rings. The van der Waals surface area contributed by atoms with Crippen molar-refractivity contribution in [3.05, 3.63) is 29.1 Å². The molecule has 1 heterocycles. The molecular weight excluding hydrogens is 267 g/mol. The Bertz CT molecular complexity index is 547. The van der Waals surface area contributed by atoms with E-state index in [2.05, 4.69) is 5.32 Å². The quantitative estimate of drug-likeness (QED) is 0.742. The SMILES string of the molecule is NC(COCC(=O)O)c1cc2c(cc1F)NC(=O)CC2. The molecule has 0 aliphatic carbocycles. The average molecular weight is 282 g/mol. The number of carboxylic acid groups (broad SMARTS) is 1. The maximum absolute atomic E-state index is 13.9. The first kappa shape index (κ1) is 14.4. The average Bonchev–Trinajstić information content (AvgIpc) is 2.37. The van der Waals surface area contributed by atoms with Gasteiger partial charge in [-0.15, -0.1) is 0 Å². The van der Waals surface area contributed by atoms with Crippen molar-refractivity contribution in [3.8, 4) is 0 Å². The second kappa shape index (κ2) is 5.98. The molecule has 0 saturated heterocycles. The summed E-state index contributed by atoms with van der Waals surface area (Å²) in [5.41, 5.74) is 7.33. The predicted octanol–water partition coefficient (Wildman–Crippen LogP) is 0.811. The Labute approximate surface area is 114 Å². The fraction of sp³-hybridized carbons (Fsp3) is 0.385. The van der Waals surface area contributed by atoms with Crippen LogP contribution in [0, 0.1) is 5.82 Å². The van der Waals surface area contributed by atoms with Crippen molar-refractivity contribution in [1.29, 1.82) is 0 Å². The second-order valence-corrected chi connectivity index (χ2v) is 4.59. The van der Waals surface area contributed by atoms with Crippen molar-refractivity contribution in [1.82, 2.24) is 0 Å². The number of fused-ring (bicyclic) bond motifs is 1. The van der Waals surface area contributed by atoms with Gasteiger partial charge in [0, 0.05) is 17.7 Å². The van der Waals surface area contributed by atoms with Crippen LogP contribution in [0.1, 0.15) is 23.6 Å². The van der Waals surface area contributed by atoms with Crippen molar-refractivity contribution >= 4 is 17.6 Å². The summed E-state index contributed by atoms with van der Waals surface area (Å²) in [7, 11) is 0. The molecule has 2 rings (SSSR count). The number of rotatable bonds is 5. The Morgan fingerprint density at radius 3 is 2.95 bits per heavy atom. The number of halogens is 1. The fourth-order valence-electron chi connectivity index (χ4n) is 2.07. The molecule has 1 aromatic carbocycles. The first-order chi connectivity index (χ1) is 9.47. The van der Waals surface area contributed by atoms with Crippen LogP contribution in [0.25, 0.3) is 0 Å². The number of aliphatic carboxylic acids is 1. The number of ether oxygens (including phenoxy) is 1. The minimum Gasteiger partial charge on any atom is -0.480 e. The van der Waals surface area contributed by atoms with E-state index in [1.165, 1.54) is 6.07 Å². The van der Waals surface area contributed by atoms with Gasteiger partial charge in [-0.1, -0.05) is 0 Å². The van der Waals surface area contributed by atoms with Gasteiger partial charge in [0.25, 0.3) is 0 Å². The van der Waals surface area contributed by atoms with Gasteiger partial charge in [0.05, 0.1) is 12.6 Å². The van der Waals surface area contributed by atoms with Crippen molar-refractivity contribution < 1.29 is 23.8 Å². The topological polar surface area (TPSA) is 102 Å². The Morgan fingerprint density at radius 2 is 2.25 bits per heavy atom. The van der Waals surface area contributed by atoms with E-state index in [9.17, 15) is 14.0 Å². The molecule has 0 bridgehead atoms. The lowest BCUT2D eigenvalue weighted by Gasteiger charge is -2.20. The number of hydrogen-bond acceptors (Lipinski definition) is 4. The summed E-state index contributed by atoms with van der Waals surface area (Å²) in [5, 5.41) is 11.1. The first-order valence-electron chi connectivity index (χ1n) is 6.14. The van der Waals surface area contributed by atoms with E-state index in [0.29, 0.717) is 18.5 Å². The van der Waals surface area contributed by atoms with Crippen LogP contribution < -0.4 is 11.1 Å². The highest BCUT2D eigenvalue weighted by Crippen LogP contribution is 2.28. The van der Waals surface area contributed by atoms with Gasteiger partial charge < -0.3 is 20.9 Å². The van der Waals surface area contributed by atoms with Gasteiger partial charge in [0.1, 0.15) is 12.4 Å². The van der Waals surface area contributed by atoms with Crippen LogP contribution in [-0.4, -0.2) is 30.2 Å². The highest BCUT2D eigenvalue weighted by molar-refractivity contribution is 5.93. The summed E-state index contributed by atoms with van der Waals surface area (Å²) in [5.74, 6) is -1.79. The normalized spacial score (nSPS) is 15.4. The van der Waals surface area contributed by atoms with Crippen molar-refractivity contribution in [3.63, 3.8) is 0 Å². The molecule has 4 N–H and O–H groups in total. The molecule has 7 heteroatoms. The number of carbonyl (C=O) groups is 2. The molecule has 20 heavy (non-hydrogen) atoms. The smallest absolute Gasteiger partial charge is 0.329 e. The molecule has 1 atom stereocenters. The molecule has 1 amide bonds. The standard InChI is InChI=1S/C13H15FN2O4/c14-9-4-11-7(1-2-12(17)16-11)3-8(9)10(15)5-20-6-13(18)19/h3-4,10H,1-2,5-6,15H2,(H,16,17)(H,18,19). The second-order valence-electron chi connectivity index (χ2n) is 4.59. The predicted molar refractivity (Wildman–Crippen MR) is 68.7 cm³/mol. The van der Waals surface area contributed by atoms with Crippen LogP contribution in [0.2, 0.25) is 0 Å². The van der Waals surface area contributed by atoms with Crippen molar-refractivity contribution in [2.24, 2.45) is 5.73 Å². The summed E-state index contributed by atoms with van der Waals surface area (Å²) in [6, 6.07) is 2.08. The summed E-state index contributed by atoms with van der Waals surface area (Å²) in [6.45, 7) is -0.565. The number of carbonyl (C=O) groups excluding carboxylic acids is 1. The van der Waals surface area contributed by atoms with E-state index >= 15 is 0 Å². The summed E-state index contributed by atoms with van der Waals surface area (Å²) >= 11 is 0. The van der Waals surface area contributed by atoms with Gasteiger partial charge in [-0.25, -0.2) is 9.18 Å². The number of hydrogen-bond donors (Lipinski definition) is 3. The van der Waals surface area contributed by atoms with Gasteiger partial charge >= 0.3 is 5.97 Å². The lowest BCUT2D eigenvalue weighted by molar-refractivity contribution is -0.142. The van der Waals surface area contributed by atoms with E-state index in [1.807, 2.05) is 0 Å². The maximum Gasteiger partial charge on any atom is 0.329 e. The third-order valence-corrected chi connectivity index (χ3v) is 3.04. The molecule has 0 aromatic heterocycles. The number of amides is 1. The minimum atomic E-state index is -1.11. The lowest BCUT2D eigenvalue weighted by atomic mass is 9.97. The van der Waals surface area contributed by atoms with Crippen molar-refractivity contribution in [2.45, 2.75) is 18.9 Å². The first-order valence-corrected chi connectivity index (χ1v) is 6.14. The summed E-state index contributed by atoms with van der Waals surface area (Å²) in [6.07, 6.45) is 0.875. The number of carboxylic acids is 1. The number of nitrogens with two attached hydrogens (primary N) is 1. The van der Waals surface area contributed by atoms with E-state index < -0.39 is 24.4 Å². The Hall–Kier alpha value is -1.99. The maximum atomic E-state index is 13.9. The zero-order valence-corrected chi connectivity index (χ0v) is 10.7. The van der Waals surface area contributed by atoms with Gasteiger partial charge in [0.2, 0.25) is 5.91 Å². The molecule has 0 spiro atoms. The van der Waals surface area contributed by atoms with Gasteiger partial charge in [-0.3, -0.25) is 4.79 Å². The van der Waals surface area contributed by atoms with Gasteiger partial charge in [0.15, 0.2) is 0 Å². The summed E-state index contributed by atoms with van der Waals surface area (Å²) < 4.78 is 18.8. The third-order valence-electron chi connectivity index (χ3n) is 3.04. The molecule has 1 aliphatic rings. The molecule has 1 aromatic rings. The number of nitrogens with one attached hydrogen (secondary N) is 1. The number of benzene rings is 1. The van der Waals surface area contributed by atoms with Crippen LogP contribution in [0.5, 0.6) is 0 Å². The number of aryl methyl sites for hydroxylation is 1. The van der Waals surface area contributed by atoms with E-state index in [4.69, 9.17) is 15.6 Å². The molecule has 6 nitrogen and oxygen atoms in total. The lowest BCUT2D eigenvalue weighted by Crippen LogP contribution is -2.23. The van der Waals surface area contributed by atoms with Gasteiger partial charge in [-0.2, -0.15) is 0 Å². The molecule has 0 saturated carbocycles. The van der Waals surface area contributed by atoms with Gasteiger partial charge in [-0.05, 0) is 24.1 Å². The Kier molecular flexibility index (Phi) is 4.31. The largest absolute Gasteiger partial charge is 0.480 e. The molecule has 1 unspecified atom stereocenters. The number of anilines is 1. The molecule has 0 radical (unpaired) electrons. The zero-order valence-electron chi connectivity index (χ0n) is 10.7. The third kappa shape index (κ3) is 3.31. The fourth-order valence-corrected chi connectivity index (χ4v) is 2.07. The van der Waals surface area contributed by atoms with Crippen LogP contribution >= 0.6 is 0 Å². The van der Waals surface area contributed by atoms with Crippen LogP contribution in [0.4, 0.5) is 10.1 Å². The Morgan fingerprint density at radius 1 is 1.50 bits per heavy atom. The molecule has 1 aliphatic heterocycles. The van der Waals surface area contributed by atoms with Crippen LogP contribution in [-0.2, 0) is 20.7 Å². The minimum absolute atomic E-state index is 0.0889.